The molecule has 2 unspecified atom stereocenters. The lowest BCUT2D eigenvalue weighted by Crippen LogP contribution is -2.42. The SMILES string of the molecule is CCCCCCCCCCCCCCCCCCC(C)C(C)(N)O.O=[N+]([O-])O. The van der Waals surface area contributed by atoms with Crippen molar-refractivity contribution >= 4 is 0 Å². The van der Waals surface area contributed by atoms with E-state index in [0.717, 1.165) is 6.42 Å². The van der Waals surface area contributed by atoms with Crippen molar-refractivity contribution in [1.29, 1.82) is 0 Å². The van der Waals surface area contributed by atoms with Crippen LogP contribution in [0.1, 0.15) is 130 Å². The second kappa shape index (κ2) is 20.8. The standard InChI is InChI=1S/C22H47NO.HNO3/c1-4-5-6-7-8-9-10-11-12-13-14-15-16-17-18-19-20-21(2)22(3,23)24;2-1(3)4/h21,24H,4-20,23H2,1-3H3;(H,2,3,4). The summed E-state index contributed by atoms with van der Waals surface area (Å²) in [6, 6.07) is 0. The number of nitrogens with zero attached hydrogens (tertiary/aromatic N) is 1. The van der Waals surface area contributed by atoms with Crippen molar-refractivity contribution in [3.8, 4) is 0 Å². The van der Waals surface area contributed by atoms with Gasteiger partial charge in [-0.25, -0.2) is 0 Å². The minimum absolute atomic E-state index is 0.198. The van der Waals surface area contributed by atoms with E-state index >= 15 is 0 Å². The number of aliphatic hydroxyl groups is 1. The molecule has 0 aliphatic rings. The van der Waals surface area contributed by atoms with E-state index in [0.29, 0.717) is 0 Å². The Kier molecular flexibility index (Phi) is 21.8. The summed E-state index contributed by atoms with van der Waals surface area (Å²) in [5.41, 5.74) is 4.70. The molecule has 0 spiro atoms. The molecule has 0 amide bonds. The summed E-state index contributed by atoms with van der Waals surface area (Å²) in [6.07, 6.45) is 23.5. The first kappa shape index (κ1) is 29.3. The van der Waals surface area contributed by atoms with Gasteiger partial charge in [0.15, 0.2) is 0 Å². The lowest BCUT2D eigenvalue weighted by Gasteiger charge is -2.25. The molecule has 0 aliphatic heterocycles. The normalized spacial score (nSPS) is 14.0. The van der Waals surface area contributed by atoms with Crippen LogP contribution in [0, 0.1) is 16.0 Å². The van der Waals surface area contributed by atoms with Crippen LogP contribution < -0.4 is 5.73 Å². The Morgan fingerprint density at radius 2 is 1.07 bits per heavy atom. The van der Waals surface area contributed by atoms with Crippen LogP contribution in [0.2, 0.25) is 0 Å². The summed E-state index contributed by atoms with van der Waals surface area (Å²) >= 11 is 0. The maximum atomic E-state index is 9.69. The highest BCUT2D eigenvalue weighted by Gasteiger charge is 2.21. The quantitative estimate of drug-likeness (QED) is 0.103. The third-order valence-corrected chi connectivity index (χ3v) is 5.49. The lowest BCUT2D eigenvalue weighted by atomic mass is 9.93. The molecular formula is C22H48N2O4. The lowest BCUT2D eigenvalue weighted by molar-refractivity contribution is -0.742. The molecule has 2 atom stereocenters. The van der Waals surface area contributed by atoms with Gasteiger partial charge in [-0.1, -0.05) is 117 Å². The van der Waals surface area contributed by atoms with Crippen molar-refractivity contribution < 1.29 is 15.4 Å². The van der Waals surface area contributed by atoms with Crippen LogP contribution in [-0.4, -0.2) is 21.1 Å². The molecule has 0 radical (unpaired) electrons. The van der Waals surface area contributed by atoms with Crippen LogP contribution in [0.4, 0.5) is 0 Å². The maximum absolute atomic E-state index is 9.69. The Morgan fingerprint density at radius 3 is 1.32 bits per heavy atom. The molecule has 0 aliphatic carbocycles. The predicted octanol–water partition coefficient (Wildman–Crippen LogP) is 6.59. The largest absolute Gasteiger partial charge is 0.376 e. The molecular weight excluding hydrogens is 356 g/mol. The van der Waals surface area contributed by atoms with E-state index < -0.39 is 10.8 Å². The van der Waals surface area contributed by atoms with E-state index in [1.54, 1.807) is 6.92 Å². The fraction of sp³-hybridized carbons (Fsp3) is 1.00. The summed E-state index contributed by atoms with van der Waals surface area (Å²) in [7, 11) is 0. The average Bonchev–Trinajstić information content (AvgIpc) is 2.60. The van der Waals surface area contributed by atoms with Crippen LogP contribution in [0.5, 0.6) is 0 Å². The number of hydrogen-bond donors (Lipinski definition) is 3. The van der Waals surface area contributed by atoms with Crippen molar-refractivity contribution in [3.63, 3.8) is 0 Å². The first-order valence-corrected chi connectivity index (χ1v) is 11.6. The molecule has 170 valence electrons. The molecule has 0 rings (SSSR count). The smallest absolute Gasteiger partial charge is 0.291 e. The Balaban J connectivity index is 0. The van der Waals surface area contributed by atoms with Crippen LogP contribution in [0.15, 0.2) is 0 Å². The average molecular weight is 405 g/mol. The minimum Gasteiger partial charge on any atom is -0.376 e. The van der Waals surface area contributed by atoms with Gasteiger partial charge in [-0.2, -0.15) is 0 Å². The fourth-order valence-corrected chi connectivity index (χ4v) is 3.29. The molecule has 0 aromatic carbocycles. The van der Waals surface area contributed by atoms with Crippen molar-refractivity contribution in [1.82, 2.24) is 0 Å². The molecule has 6 heteroatoms. The molecule has 0 saturated carbocycles. The maximum Gasteiger partial charge on any atom is 0.291 e. The van der Waals surface area contributed by atoms with Crippen LogP contribution >= 0.6 is 0 Å². The summed E-state index contributed by atoms with van der Waals surface area (Å²) in [4.78, 5) is 8.36. The van der Waals surface area contributed by atoms with Crippen molar-refractivity contribution in [2.24, 2.45) is 11.7 Å². The van der Waals surface area contributed by atoms with Gasteiger partial charge in [0.25, 0.3) is 5.09 Å². The Morgan fingerprint density at radius 1 is 0.821 bits per heavy atom. The second-order valence-electron chi connectivity index (χ2n) is 8.46. The number of unbranched alkanes of at least 4 members (excludes halogenated alkanes) is 15. The molecule has 0 bridgehead atoms. The zero-order valence-electron chi connectivity index (χ0n) is 18.8. The molecule has 28 heavy (non-hydrogen) atoms. The van der Waals surface area contributed by atoms with Gasteiger partial charge in [-0.05, 0) is 19.3 Å². The highest BCUT2D eigenvalue weighted by molar-refractivity contribution is 4.71. The van der Waals surface area contributed by atoms with Crippen molar-refractivity contribution in [3.05, 3.63) is 10.1 Å². The van der Waals surface area contributed by atoms with Crippen LogP contribution in [-0.2, 0) is 0 Å². The Hall–Kier alpha value is -0.880. The van der Waals surface area contributed by atoms with Gasteiger partial charge in [-0.3, -0.25) is 0 Å². The molecule has 0 heterocycles. The van der Waals surface area contributed by atoms with E-state index in [1.165, 1.54) is 103 Å². The highest BCUT2D eigenvalue weighted by Crippen LogP contribution is 2.19. The summed E-state index contributed by atoms with van der Waals surface area (Å²) in [5.74, 6) is 0.198. The number of nitrogens with two attached hydrogens (primary N) is 1. The van der Waals surface area contributed by atoms with Crippen molar-refractivity contribution in [2.75, 3.05) is 0 Å². The topological polar surface area (TPSA) is 110 Å². The van der Waals surface area contributed by atoms with E-state index in [4.69, 9.17) is 21.1 Å². The summed E-state index contributed by atoms with van der Waals surface area (Å²) < 4.78 is 0. The molecule has 0 aromatic heterocycles. The van der Waals surface area contributed by atoms with E-state index in [-0.39, 0.29) is 5.92 Å². The highest BCUT2D eigenvalue weighted by atomic mass is 16.9. The van der Waals surface area contributed by atoms with Crippen LogP contribution in [0.25, 0.3) is 0 Å². The van der Waals surface area contributed by atoms with Gasteiger partial charge >= 0.3 is 0 Å². The number of rotatable bonds is 18. The van der Waals surface area contributed by atoms with Gasteiger partial charge in [-0.15, -0.1) is 10.1 Å². The summed E-state index contributed by atoms with van der Waals surface area (Å²) in [6.45, 7) is 6.04. The van der Waals surface area contributed by atoms with E-state index in [9.17, 15) is 5.11 Å². The third-order valence-electron chi connectivity index (χ3n) is 5.49. The second-order valence-corrected chi connectivity index (χ2v) is 8.46. The molecule has 0 saturated heterocycles. The Bertz CT molecular complexity index is 329. The zero-order valence-corrected chi connectivity index (χ0v) is 18.8. The molecule has 0 fully saturated rings. The van der Waals surface area contributed by atoms with Gasteiger partial charge < -0.3 is 16.0 Å². The van der Waals surface area contributed by atoms with Crippen molar-refractivity contribution in [2.45, 2.75) is 136 Å². The van der Waals surface area contributed by atoms with Gasteiger partial charge in [0.2, 0.25) is 0 Å². The van der Waals surface area contributed by atoms with Gasteiger partial charge in [0.05, 0.1) is 0 Å². The minimum atomic E-state index is -1.50. The van der Waals surface area contributed by atoms with Gasteiger partial charge in [0.1, 0.15) is 5.72 Å². The van der Waals surface area contributed by atoms with Crippen LogP contribution in [0.3, 0.4) is 0 Å². The summed E-state index contributed by atoms with van der Waals surface area (Å²) in [5, 5.41) is 23.3. The molecule has 6 nitrogen and oxygen atoms in total. The molecule has 0 aromatic rings. The third kappa shape index (κ3) is 27.3. The monoisotopic (exact) mass is 404 g/mol. The first-order chi connectivity index (χ1) is 13.2. The fourth-order valence-electron chi connectivity index (χ4n) is 3.29. The number of hydrogen-bond acceptors (Lipinski definition) is 4. The van der Waals surface area contributed by atoms with Gasteiger partial charge in [0, 0.05) is 0 Å². The zero-order chi connectivity index (χ0) is 21.7. The molecule has 4 N–H and O–H groups in total. The van der Waals surface area contributed by atoms with E-state index in [2.05, 4.69) is 6.92 Å². The van der Waals surface area contributed by atoms with E-state index in [1.807, 2.05) is 6.92 Å². The first-order valence-electron chi connectivity index (χ1n) is 11.6. The Labute approximate surface area is 173 Å². The predicted molar refractivity (Wildman–Crippen MR) is 117 cm³/mol.